The Kier molecular flexibility index (Phi) is 8.84. The zero-order chi connectivity index (χ0) is 17.4. The van der Waals surface area contributed by atoms with E-state index in [1.54, 1.807) is 12.1 Å². The molecule has 0 unspecified atom stereocenters. The van der Waals surface area contributed by atoms with E-state index in [9.17, 15) is 8.78 Å². The van der Waals surface area contributed by atoms with E-state index in [0.717, 1.165) is 23.8 Å². The Morgan fingerprint density at radius 1 is 1.12 bits per heavy atom. The highest BCUT2D eigenvalue weighted by Gasteiger charge is 2.05. The van der Waals surface area contributed by atoms with E-state index in [0.29, 0.717) is 24.6 Å². The van der Waals surface area contributed by atoms with Gasteiger partial charge in [-0.15, -0.1) is 24.0 Å². The van der Waals surface area contributed by atoms with Crippen LogP contribution in [-0.4, -0.2) is 12.5 Å². The molecule has 0 saturated carbocycles. The first-order valence-corrected chi connectivity index (χ1v) is 7.57. The van der Waals surface area contributed by atoms with Crippen molar-refractivity contribution in [1.29, 1.82) is 5.26 Å². The highest BCUT2D eigenvalue weighted by Crippen LogP contribution is 2.09. The summed E-state index contributed by atoms with van der Waals surface area (Å²) in [7, 11) is 0. The Balaban J connectivity index is 0.00000312. The number of benzene rings is 2. The van der Waals surface area contributed by atoms with Crippen LogP contribution >= 0.6 is 24.0 Å². The van der Waals surface area contributed by atoms with Crippen molar-refractivity contribution in [2.75, 3.05) is 6.54 Å². The molecule has 0 radical (unpaired) electrons. The first kappa shape index (κ1) is 20.8. The van der Waals surface area contributed by atoms with Crippen LogP contribution in [0.5, 0.6) is 0 Å². The molecule has 0 aliphatic heterocycles. The maximum Gasteiger partial charge on any atom is 0.191 e. The molecule has 2 rings (SSSR count). The normalized spacial score (nSPS) is 10.6. The first-order chi connectivity index (χ1) is 11.6. The summed E-state index contributed by atoms with van der Waals surface area (Å²) in [5, 5.41) is 14.8. The van der Waals surface area contributed by atoms with Gasteiger partial charge in [0.2, 0.25) is 0 Å². The minimum absolute atomic E-state index is 0. The Morgan fingerprint density at radius 2 is 1.84 bits per heavy atom. The van der Waals surface area contributed by atoms with Crippen LogP contribution in [0.3, 0.4) is 0 Å². The molecule has 0 bridgehead atoms. The molecule has 0 spiro atoms. The van der Waals surface area contributed by atoms with Gasteiger partial charge in [0.25, 0.3) is 0 Å². The second-order valence-corrected chi connectivity index (χ2v) is 5.09. The summed E-state index contributed by atoms with van der Waals surface area (Å²) in [6.45, 7) is 3.10. The van der Waals surface area contributed by atoms with Crippen LogP contribution in [0.4, 0.5) is 8.78 Å². The number of aliphatic imine (C=N–C) groups is 1. The average molecular weight is 456 g/mol. The maximum absolute atomic E-state index is 13.6. The summed E-state index contributed by atoms with van der Waals surface area (Å²) in [5.41, 5.74) is 1.77. The van der Waals surface area contributed by atoms with E-state index in [-0.39, 0.29) is 36.1 Å². The van der Waals surface area contributed by atoms with Crippen molar-refractivity contribution < 1.29 is 8.78 Å². The molecular formula is C18H19F2IN4. The van der Waals surface area contributed by atoms with Crippen LogP contribution in [0, 0.1) is 23.0 Å². The first-order valence-electron chi connectivity index (χ1n) is 7.57. The topological polar surface area (TPSA) is 60.2 Å². The molecule has 0 aromatic heterocycles. The summed E-state index contributed by atoms with van der Waals surface area (Å²) in [6, 6.07) is 12.5. The van der Waals surface area contributed by atoms with Crippen molar-refractivity contribution in [3.05, 3.63) is 70.8 Å². The van der Waals surface area contributed by atoms with Crippen molar-refractivity contribution in [3.8, 4) is 6.07 Å². The van der Waals surface area contributed by atoms with Crippen molar-refractivity contribution in [2.24, 2.45) is 4.99 Å². The van der Waals surface area contributed by atoms with E-state index < -0.39 is 11.6 Å². The highest BCUT2D eigenvalue weighted by atomic mass is 127. The van der Waals surface area contributed by atoms with Gasteiger partial charge in [0.15, 0.2) is 5.96 Å². The van der Waals surface area contributed by atoms with E-state index in [4.69, 9.17) is 5.26 Å². The summed E-state index contributed by atoms with van der Waals surface area (Å²) in [6.07, 6.45) is 0. The van der Waals surface area contributed by atoms with Gasteiger partial charge in [-0.25, -0.2) is 13.8 Å². The van der Waals surface area contributed by atoms with Gasteiger partial charge in [-0.05, 0) is 42.8 Å². The Bertz CT molecular complexity index is 755. The lowest BCUT2D eigenvalue weighted by atomic mass is 10.1. The molecule has 0 atom stereocenters. The third-order valence-corrected chi connectivity index (χ3v) is 3.30. The summed E-state index contributed by atoms with van der Waals surface area (Å²) >= 11 is 0. The van der Waals surface area contributed by atoms with Crippen LogP contribution in [0.2, 0.25) is 0 Å². The van der Waals surface area contributed by atoms with Crippen molar-refractivity contribution in [3.63, 3.8) is 0 Å². The quantitative estimate of drug-likeness (QED) is 0.410. The zero-order valence-corrected chi connectivity index (χ0v) is 16.1. The molecule has 2 aromatic rings. The molecule has 4 nitrogen and oxygen atoms in total. The molecule has 2 aromatic carbocycles. The number of nitrogens with zero attached hydrogens (tertiary/aromatic N) is 2. The predicted molar refractivity (Wildman–Crippen MR) is 105 cm³/mol. The monoisotopic (exact) mass is 456 g/mol. The van der Waals surface area contributed by atoms with Gasteiger partial charge in [-0.1, -0.05) is 12.1 Å². The van der Waals surface area contributed by atoms with Crippen molar-refractivity contribution in [1.82, 2.24) is 10.6 Å². The Hall–Kier alpha value is -2.21. The minimum Gasteiger partial charge on any atom is -0.357 e. The second-order valence-electron chi connectivity index (χ2n) is 5.09. The molecule has 0 saturated heterocycles. The van der Waals surface area contributed by atoms with E-state index in [1.165, 1.54) is 0 Å². The lowest BCUT2D eigenvalue weighted by molar-refractivity contribution is 0.581. The third kappa shape index (κ3) is 6.66. The summed E-state index contributed by atoms with van der Waals surface area (Å²) in [5.74, 6) is -0.440. The van der Waals surface area contributed by atoms with E-state index >= 15 is 0 Å². The van der Waals surface area contributed by atoms with Crippen LogP contribution in [0.15, 0.2) is 47.5 Å². The standard InChI is InChI=1S/C18H18F2N4.HI/c1-2-22-18(23-11-14-5-3-13(10-21)4-6-14)24-12-15-9-16(19)7-8-17(15)20;/h3-9H,2,11-12H2,1H3,(H2,22,23,24);1H. The SMILES string of the molecule is CCNC(=NCc1ccc(C#N)cc1)NCc1cc(F)ccc1F.I. The highest BCUT2D eigenvalue weighted by molar-refractivity contribution is 14.0. The molecular weight excluding hydrogens is 437 g/mol. The van der Waals surface area contributed by atoms with E-state index in [1.807, 2.05) is 19.1 Å². The van der Waals surface area contributed by atoms with Gasteiger partial charge >= 0.3 is 0 Å². The summed E-state index contributed by atoms with van der Waals surface area (Å²) in [4.78, 5) is 4.40. The van der Waals surface area contributed by atoms with Gasteiger partial charge < -0.3 is 10.6 Å². The molecule has 0 heterocycles. The fourth-order valence-electron chi connectivity index (χ4n) is 2.05. The van der Waals surface area contributed by atoms with Crippen LogP contribution < -0.4 is 10.6 Å². The molecule has 2 N–H and O–H groups in total. The smallest absolute Gasteiger partial charge is 0.191 e. The van der Waals surface area contributed by atoms with Gasteiger partial charge in [0, 0.05) is 18.7 Å². The van der Waals surface area contributed by atoms with Crippen molar-refractivity contribution in [2.45, 2.75) is 20.0 Å². The maximum atomic E-state index is 13.6. The molecule has 0 aliphatic carbocycles. The molecule has 0 aliphatic rings. The number of hydrogen-bond donors (Lipinski definition) is 2. The fraction of sp³-hybridized carbons (Fsp3) is 0.222. The molecule has 132 valence electrons. The number of nitrogens with one attached hydrogen (secondary N) is 2. The van der Waals surface area contributed by atoms with E-state index in [2.05, 4.69) is 21.7 Å². The minimum atomic E-state index is -0.479. The largest absolute Gasteiger partial charge is 0.357 e. The van der Waals surface area contributed by atoms with Crippen LogP contribution in [0.1, 0.15) is 23.6 Å². The van der Waals surface area contributed by atoms with Crippen LogP contribution in [-0.2, 0) is 13.1 Å². The number of guanidine groups is 1. The second kappa shape index (κ2) is 10.6. The molecule has 7 heteroatoms. The summed E-state index contributed by atoms with van der Waals surface area (Å²) < 4.78 is 26.8. The Labute approximate surface area is 163 Å². The molecule has 0 amide bonds. The van der Waals surface area contributed by atoms with Gasteiger partial charge in [-0.3, -0.25) is 0 Å². The molecule has 0 fully saturated rings. The lowest BCUT2D eigenvalue weighted by Gasteiger charge is -2.12. The number of rotatable bonds is 5. The molecule has 25 heavy (non-hydrogen) atoms. The number of hydrogen-bond acceptors (Lipinski definition) is 2. The predicted octanol–water partition coefficient (Wildman–Crippen LogP) is 3.71. The Morgan fingerprint density at radius 3 is 2.48 bits per heavy atom. The lowest BCUT2D eigenvalue weighted by Crippen LogP contribution is -2.37. The third-order valence-electron chi connectivity index (χ3n) is 3.30. The van der Waals surface area contributed by atoms with Gasteiger partial charge in [0.1, 0.15) is 11.6 Å². The van der Waals surface area contributed by atoms with Gasteiger partial charge in [0.05, 0.1) is 18.2 Å². The average Bonchev–Trinajstić information content (AvgIpc) is 2.60. The van der Waals surface area contributed by atoms with Gasteiger partial charge in [-0.2, -0.15) is 5.26 Å². The number of halogens is 3. The van der Waals surface area contributed by atoms with Crippen molar-refractivity contribution >= 4 is 29.9 Å². The van der Waals surface area contributed by atoms with Crippen LogP contribution in [0.25, 0.3) is 0 Å². The fourth-order valence-corrected chi connectivity index (χ4v) is 2.05. The zero-order valence-electron chi connectivity index (χ0n) is 13.7. The number of nitriles is 1.